The first-order valence-electron chi connectivity index (χ1n) is 12.3. The van der Waals surface area contributed by atoms with Gasteiger partial charge in [0.15, 0.2) is 17.7 Å². The Morgan fingerprint density at radius 1 is 1.14 bits per heavy atom. The van der Waals surface area contributed by atoms with Gasteiger partial charge in [-0.25, -0.2) is 19.7 Å². The van der Waals surface area contributed by atoms with E-state index >= 15 is 0 Å². The molecule has 200 valence electrons. The second kappa shape index (κ2) is 11.6. The minimum Gasteiger partial charge on any atom is -0.387 e. The third kappa shape index (κ3) is 6.50. The first kappa shape index (κ1) is 27.1. The Balaban J connectivity index is 1.14. The molecule has 2 amide bonds. The highest BCUT2D eigenvalue weighted by Gasteiger charge is 2.44. The summed E-state index contributed by atoms with van der Waals surface area (Å²) >= 11 is 1.63. The number of rotatable bonds is 9. The molecule has 12 heteroatoms. The van der Waals surface area contributed by atoms with Gasteiger partial charge in [0.05, 0.1) is 12.4 Å². The molecule has 1 aromatic carbocycles. The summed E-state index contributed by atoms with van der Waals surface area (Å²) in [4.78, 5) is 24.4. The van der Waals surface area contributed by atoms with E-state index in [-0.39, 0.29) is 17.3 Å². The smallest absolute Gasteiger partial charge is 0.319 e. The van der Waals surface area contributed by atoms with Gasteiger partial charge < -0.3 is 31.3 Å². The number of aromatic nitrogens is 4. The summed E-state index contributed by atoms with van der Waals surface area (Å²) in [6.45, 7) is 7.02. The van der Waals surface area contributed by atoms with Crippen molar-refractivity contribution in [2.24, 2.45) is 0 Å². The number of ether oxygens (including phenoxy) is 1. The van der Waals surface area contributed by atoms with Crippen LogP contribution in [0.4, 0.5) is 16.3 Å². The molecule has 1 saturated heterocycles. The molecule has 1 aliphatic heterocycles. The van der Waals surface area contributed by atoms with Crippen LogP contribution in [0.2, 0.25) is 0 Å². The van der Waals surface area contributed by atoms with Crippen molar-refractivity contribution < 1.29 is 19.7 Å². The number of carbonyl (C=O) groups is 1. The van der Waals surface area contributed by atoms with Crippen molar-refractivity contribution in [3.63, 3.8) is 0 Å². The van der Waals surface area contributed by atoms with Crippen LogP contribution in [0.1, 0.15) is 45.4 Å². The molecule has 4 atom stereocenters. The third-order valence-corrected chi connectivity index (χ3v) is 7.43. The number of carbonyl (C=O) groups excluding carboxylic acids is 1. The van der Waals surface area contributed by atoms with E-state index < -0.39 is 24.5 Å². The number of aliphatic hydroxyl groups excluding tert-OH is 2. The number of aliphatic hydroxyl groups is 2. The zero-order chi connectivity index (χ0) is 26.6. The monoisotopic (exact) mass is 529 g/mol. The zero-order valence-corrected chi connectivity index (χ0v) is 22.1. The minimum absolute atomic E-state index is 0.0711. The number of hydrogen-bond donors (Lipinski definition) is 5. The molecule has 0 radical (unpaired) electrons. The summed E-state index contributed by atoms with van der Waals surface area (Å²) < 4.78 is 7.53. The lowest BCUT2D eigenvalue weighted by Crippen LogP contribution is -2.32. The number of unbranched alkanes of at least 4 members (excludes halogenated alkanes) is 1. The van der Waals surface area contributed by atoms with Crippen LogP contribution < -0.4 is 16.4 Å². The maximum Gasteiger partial charge on any atom is 0.319 e. The van der Waals surface area contributed by atoms with Crippen molar-refractivity contribution in [1.82, 2.24) is 24.8 Å². The van der Waals surface area contributed by atoms with E-state index in [0.717, 1.165) is 24.3 Å². The number of fused-ring (bicyclic) bond motifs is 1. The van der Waals surface area contributed by atoms with Crippen LogP contribution in [0.5, 0.6) is 0 Å². The number of amides is 2. The number of nitrogens with zero attached hydrogens (tertiary/aromatic N) is 4. The van der Waals surface area contributed by atoms with Gasteiger partial charge in [0.1, 0.15) is 24.1 Å². The first-order valence-corrected chi connectivity index (χ1v) is 13.5. The molecule has 3 aromatic rings. The van der Waals surface area contributed by atoms with Gasteiger partial charge >= 0.3 is 6.03 Å². The van der Waals surface area contributed by atoms with Gasteiger partial charge in [-0.05, 0) is 41.7 Å². The average Bonchev–Trinajstić information content (AvgIpc) is 3.40. The van der Waals surface area contributed by atoms with Crippen LogP contribution in [-0.4, -0.2) is 72.1 Å². The number of thioether (sulfide) groups is 1. The molecule has 0 bridgehead atoms. The van der Waals surface area contributed by atoms with Crippen LogP contribution in [0.15, 0.2) is 36.9 Å². The van der Waals surface area contributed by atoms with E-state index in [0.29, 0.717) is 23.5 Å². The molecule has 0 saturated carbocycles. The molecule has 1 fully saturated rings. The van der Waals surface area contributed by atoms with Crippen LogP contribution >= 0.6 is 11.8 Å². The fraction of sp³-hybridized carbons (Fsp3) is 0.520. The fourth-order valence-electron chi connectivity index (χ4n) is 4.11. The molecular weight excluding hydrogens is 494 g/mol. The Morgan fingerprint density at radius 2 is 1.89 bits per heavy atom. The predicted octanol–water partition coefficient (Wildman–Crippen LogP) is 2.66. The van der Waals surface area contributed by atoms with E-state index in [2.05, 4.69) is 46.4 Å². The standard InChI is InChI=1S/C25H35N7O4S/c1-25(2,3)15-6-8-16(9-7-15)31-24(35)27-10-4-5-11-37-12-17-19(33)20(34)23(36-17)32-14-30-18-21(26)28-13-29-22(18)32/h6-9,13-14,17,19-20,23,33-34H,4-5,10-12H2,1-3H3,(H2,26,28,29)(H2,27,31,35)/t17-,19-,20-,23-/m1/s1. The molecule has 2 aromatic heterocycles. The second-order valence-corrected chi connectivity index (χ2v) is 11.3. The van der Waals surface area contributed by atoms with Crippen LogP contribution in [0, 0.1) is 0 Å². The van der Waals surface area contributed by atoms with Crippen molar-refractivity contribution in [3.8, 4) is 0 Å². The Labute approximate surface area is 220 Å². The van der Waals surface area contributed by atoms with Crippen molar-refractivity contribution >= 4 is 40.5 Å². The highest BCUT2D eigenvalue weighted by Crippen LogP contribution is 2.33. The first-order chi connectivity index (χ1) is 17.6. The van der Waals surface area contributed by atoms with Crippen molar-refractivity contribution in [2.45, 2.75) is 63.6 Å². The van der Waals surface area contributed by atoms with Gasteiger partial charge in [-0.15, -0.1) is 0 Å². The molecule has 11 nitrogen and oxygen atoms in total. The van der Waals surface area contributed by atoms with Crippen LogP contribution in [0.25, 0.3) is 11.2 Å². The van der Waals surface area contributed by atoms with Gasteiger partial charge in [-0.1, -0.05) is 32.9 Å². The number of nitrogen functional groups attached to an aromatic ring is 1. The number of nitrogens with one attached hydrogen (secondary N) is 2. The number of anilines is 2. The van der Waals surface area contributed by atoms with E-state index in [1.807, 2.05) is 24.3 Å². The summed E-state index contributed by atoms with van der Waals surface area (Å²) in [6, 6.07) is 7.66. The van der Waals surface area contributed by atoms with E-state index in [1.165, 1.54) is 18.2 Å². The van der Waals surface area contributed by atoms with Gasteiger partial charge in [0, 0.05) is 18.0 Å². The number of hydrogen-bond acceptors (Lipinski definition) is 9. The number of benzene rings is 1. The Bertz CT molecular complexity index is 1200. The summed E-state index contributed by atoms with van der Waals surface area (Å²) in [7, 11) is 0. The summed E-state index contributed by atoms with van der Waals surface area (Å²) in [6.07, 6.45) is 1.03. The third-order valence-electron chi connectivity index (χ3n) is 6.29. The summed E-state index contributed by atoms with van der Waals surface area (Å²) in [5.41, 5.74) is 8.74. The van der Waals surface area contributed by atoms with E-state index in [9.17, 15) is 15.0 Å². The molecule has 1 aliphatic rings. The molecule has 0 unspecified atom stereocenters. The topological polar surface area (TPSA) is 160 Å². The molecular formula is C25H35N7O4S. The lowest BCUT2D eigenvalue weighted by molar-refractivity contribution is -0.0289. The average molecular weight is 530 g/mol. The van der Waals surface area contributed by atoms with Gasteiger partial charge in [-0.2, -0.15) is 11.8 Å². The summed E-state index contributed by atoms with van der Waals surface area (Å²) in [5.74, 6) is 1.60. The highest BCUT2D eigenvalue weighted by atomic mass is 32.2. The molecule has 4 rings (SSSR count). The molecule has 0 spiro atoms. The Hall–Kier alpha value is -2.93. The normalized spacial score (nSPS) is 21.9. The van der Waals surface area contributed by atoms with E-state index in [1.54, 1.807) is 16.3 Å². The molecule has 37 heavy (non-hydrogen) atoms. The number of urea groups is 1. The Kier molecular flexibility index (Phi) is 8.53. The quantitative estimate of drug-likeness (QED) is 0.263. The number of nitrogens with two attached hydrogens (primary N) is 1. The minimum atomic E-state index is -1.12. The van der Waals surface area contributed by atoms with Gasteiger partial charge in [0.2, 0.25) is 0 Å². The maximum atomic E-state index is 12.1. The molecule has 0 aliphatic carbocycles. The predicted molar refractivity (Wildman–Crippen MR) is 144 cm³/mol. The highest BCUT2D eigenvalue weighted by molar-refractivity contribution is 7.99. The lowest BCUT2D eigenvalue weighted by atomic mass is 9.87. The van der Waals surface area contributed by atoms with Crippen LogP contribution in [-0.2, 0) is 10.2 Å². The summed E-state index contributed by atoms with van der Waals surface area (Å²) in [5, 5.41) is 26.8. The lowest BCUT2D eigenvalue weighted by Gasteiger charge is -2.19. The fourth-order valence-corrected chi connectivity index (χ4v) is 5.20. The van der Waals surface area contributed by atoms with Crippen LogP contribution in [0.3, 0.4) is 0 Å². The largest absolute Gasteiger partial charge is 0.387 e. The zero-order valence-electron chi connectivity index (χ0n) is 21.3. The Morgan fingerprint density at radius 3 is 2.62 bits per heavy atom. The van der Waals surface area contributed by atoms with Crippen molar-refractivity contribution in [2.75, 3.05) is 29.1 Å². The van der Waals surface area contributed by atoms with Crippen molar-refractivity contribution in [3.05, 3.63) is 42.5 Å². The number of imidazole rings is 1. The second-order valence-electron chi connectivity index (χ2n) is 10.1. The maximum absolute atomic E-state index is 12.1. The van der Waals surface area contributed by atoms with Gasteiger partial charge in [0.25, 0.3) is 0 Å². The van der Waals surface area contributed by atoms with Crippen molar-refractivity contribution in [1.29, 1.82) is 0 Å². The molecule has 3 heterocycles. The van der Waals surface area contributed by atoms with E-state index in [4.69, 9.17) is 10.5 Å². The SMILES string of the molecule is CC(C)(C)c1ccc(NC(=O)NCCCCSC[C@H]2O[C@@H](n3cnc4c(N)ncnc43)[C@H](O)[C@@H]2O)cc1. The molecule has 6 N–H and O–H groups in total. The van der Waals surface area contributed by atoms with Gasteiger partial charge in [-0.3, -0.25) is 4.57 Å².